The summed E-state index contributed by atoms with van der Waals surface area (Å²) in [7, 11) is 3.08. The maximum atomic E-state index is 9.68. The van der Waals surface area contributed by atoms with Crippen LogP contribution in [-0.4, -0.2) is 29.3 Å². The van der Waals surface area contributed by atoms with Gasteiger partial charge in [0.1, 0.15) is 28.6 Å². The van der Waals surface area contributed by atoms with Gasteiger partial charge in [0, 0.05) is 12.1 Å². The van der Waals surface area contributed by atoms with E-state index >= 15 is 0 Å². The topological polar surface area (TPSA) is 67.4 Å². The van der Waals surface area contributed by atoms with Crippen LogP contribution in [0.4, 0.5) is 0 Å². The Labute approximate surface area is 115 Å². The first kappa shape index (κ1) is 12.3. The predicted octanol–water partition coefficient (Wildman–Crippen LogP) is 2.95. The van der Waals surface area contributed by atoms with E-state index in [4.69, 9.17) is 9.47 Å². The number of aromatic amines is 1. The van der Waals surface area contributed by atoms with Crippen molar-refractivity contribution < 1.29 is 14.6 Å². The third kappa shape index (κ3) is 1.93. The molecule has 0 aliphatic rings. The summed E-state index contributed by atoms with van der Waals surface area (Å²) >= 11 is 0. The van der Waals surface area contributed by atoms with Gasteiger partial charge < -0.3 is 19.6 Å². The van der Waals surface area contributed by atoms with Crippen LogP contribution in [0.5, 0.6) is 17.2 Å². The lowest BCUT2D eigenvalue weighted by Crippen LogP contribution is -1.94. The number of fused-ring (bicyclic) bond motifs is 1. The van der Waals surface area contributed by atoms with Crippen molar-refractivity contribution in [2.24, 2.45) is 0 Å². The monoisotopic (exact) mass is 270 g/mol. The number of hydrogen-bond acceptors (Lipinski definition) is 4. The average molecular weight is 270 g/mol. The highest BCUT2D eigenvalue weighted by Gasteiger charge is 2.17. The highest BCUT2D eigenvalue weighted by Crippen LogP contribution is 2.40. The number of aromatic nitrogens is 2. The summed E-state index contributed by atoms with van der Waals surface area (Å²) in [6.45, 7) is 0. The number of rotatable bonds is 3. The number of nitrogens with zero attached hydrogens (tertiary/aromatic N) is 1. The van der Waals surface area contributed by atoms with Gasteiger partial charge in [-0.05, 0) is 12.1 Å². The van der Waals surface area contributed by atoms with Crippen molar-refractivity contribution in [3.8, 4) is 28.6 Å². The number of imidazole rings is 1. The Morgan fingerprint density at radius 1 is 1.05 bits per heavy atom. The fourth-order valence-electron chi connectivity index (χ4n) is 2.20. The van der Waals surface area contributed by atoms with Crippen LogP contribution in [0.25, 0.3) is 22.4 Å². The lowest BCUT2D eigenvalue weighted by molar-refractivity contribution is 0.387. The highest BCUT2D eigenvalue weighted by atomic mass is 16.5. The Morgan fingerprint density at radius 2 is 1.70 bits per heavy atom. The van der Waals surface area contributed by atoms with Crippen LogP contribution in [0.1, 0.15) is 0 Å². The molecule has 0 aliphatic carbocycles. The molecular weight excluding hydrogens is 256 g/mol. The predicted molar refractivity (Wildman–Crippen MR) is 76.3 cm³/mol. The summed E-state index contributed by atoms with van der Waals surface area (Å²) in [5.74, 6) is 1.72. The Morgan fingerprint density at radius 3 is 2.30 bits per heavy atom. The Balaban J connectivity index is 2.26. The second kappa shape index (κ2) is 4.77. The molecule has 5 nitrogen and oxygen atoms in total. The summed E-state index contributed by atoms with van der Waals surface area (Å²) in [5, 5.41) is 9.68. The van der Waals surface area contributed by atoms with Crippen molar-refractivity contribution in [1.29, 1.82) is 0 Å². The summed E-state index contributed by atoms with van der Waals surface area (Å²) in [5.41, 5.74) is 2.48. The Bertz CT molecular complexity index is 707. The summed E-state index contributed by atoms with van der Waals surface area (Å²) in [6, 6.07) is 10.8. The van der Waals surface area contributed by atoms with E-state index in [2.05, 4.69) is 9.97 Å². The smallest absolute Gasteiger partial charge is 0.146 e. The van der Waals surface area contributed by atoms with Gasteiger partial charge in [0.2, 0.25) is 0 Å². The number of para-hydroxylation sites is 2. The van der Waals surface area contributed by atoms with Crippen LogP contribution in [0.15, 0.2) is 36.4 Å². The third-order valence-electron chi connectivity index (χ3n) is 3.12. The molecule has 0 unspecified atom stereocenters. The number of phenols is 1. The molecule has 0 radical (unpaired) electrons. The quantitative estimate of drug-likeness (QED) is 0.767. The molecule has 0 saturated carbocycles. The molecule has 1 aromatic heterocycles. The van der Waals surface area contributed by atoms with Crippen LogP contribution in [0.3, 0.4) is 0 Å². The molecule has 102 valence electrons. The van der Waals surface area contributed by atoms with Crippen molar-refractivity contribution >= 4 is 11.0 Å². The summed E-state index contributed by atoms with van der Waals surface area (Å²) in [4.78, 5) is 7.76. The minimum absolute atomic E-state index is 0.0820. The van der Waals surface area contributed by atoms with Crippen molar-refractivity contribution in [2.45, 2.75) is 0 Å². The first-order chi connectivity index (χ1) is 9.72. The van der Waals surface area contributed by atoms with Gasteiger partial charge in [-0.3, -0.25) is 0 Å². The van der Waals surface area contributed by atoms with E-state index in [1.807, 2.05) is 24.3 Å². The molecule has 0 atom stereocenters. The molecule has 0 bridgehead atoms. The molecule has 0 spiro atoms. The molecule has 1 heterocycles. The van der Waals surface area contributed by atoms with Gasteiger partial charge in [-0.2, -0.15) is 0 Å². The maximum Gasteiger partial charge on any atom is 0.146 e. The second-order valence-corrected chi connectivity index (χ2v) is 4.33. The zero-order valence-electron chi connectivity index (χ0n) is 11.2. The molecule has 0 saturated heterocycles. The van der Waals surface area contributed by atoms with Gasteiger partial charge in [-0.1, -0.05) is 12.1 Å². The first-order valence-electron chi connectivity index (χ1n) is 6.13. The van der Waals surface area contributed by atoms with Crippen molar-refractivity contribution in [3.05, 3.63) is 36.4 Å². The molecule has 5 heteroatoms. The van der Waals surface area contributed by atoms with Gasteiger partial charge in [-0.25, -0.2) is 4.98 Å². The van der Waals surface area contributed by atoms with Gasteiger partial charge in [0.25, 0.3) is 0 Å². The van der Waals surface area contributed by atoms with Crippen LogP contribution in [-0.2, 0) is 0 Å². The number of hydrogen-bond donors (Lipinski definition) is 2. The number of methoxy groups -OCH3 is 2. The van der Waals surface area contributed by atoms with Gasteiger partial charge in [0.15, 0.2) is 0 Å². The number of benzene rings is 2. The fraction of sp³-hybridized carbons (Fsp3) is 0.133. The third-order valence-corrected chi connectivity index (χ3v) is 3.12. The lowest BCUT2D eigenvalue weighted by Gasteiger charge is -2.11. The largest absolute Gasteiger partial charge is 0.508 e. The van der Waals surface area contributed by atoms with Gasteiger partial charge >= 0.3 is 0 Å². The zero-order chi connectivity index (χ0) is 14.1. The number of H-pyrrole nitrogens is 1. The maximum absolute atomic E-state index is 9.68. The average Bonchev–Trinajstić information content (AvgIpc) is 2.89. The van der Waals surface area contributed by atoms with Crippen LogP contribution < -0.4 is 9.47 Å². The molecule has 3 aromatic rings. The fourth-order valence-corrected chi connectivity index (χ4v) is 2.20. The molecule has 0 amide bonds. The van der Waals surface area contributed by atoms with E-state index in [0.29, 0.717) is 22.9 Å². The van der Waals surface area contributed by atoms with E-state index in [1.165, 1.54) is 12.1 Å². The molecular formula is C15H14N2O3. The Hall–Kier alpha value is -2.69. The SMILES string of the molecule is COc1cc(O)cc(OC)c1-c1nc2ccccc2[nH]1. The van der Waals surface area contributed by atoms with E-state index in [-0.39, 0.29) is 5.75 Å². The molecule has 2 aromatic carbocycles. The van der Waals surface area contributed by atoms with E-state index < -0.39 is 0 Å². The normalized spacial score (nSPS) is 10.7. The van der Waals surface area contributed by atoms with Crippen molar-refractivity contribution in [3.63, 3.8) is 0 Å². The lowest BCUT2D eigenvalue weighted by atomic mass is 10.1. The minimum atomic E-state index is 0.0820. The van der Waals surface area contributed by atoms with Crippen LogP contribution >= 0.6 is 0 Å². The number of aromatic hydroxyl groups is 1. The van der Waals surface area contributed by atoms with Gasteiger partial charge in [0.05, 0.1) is 25.3 Å². The number of phenolic OH excluding ortho intramolecular Hbond substituents is 1. The molecule has 2 N–H and O–H groups in total. The summed E-state index contributed by atoms with van der Waals surface area (Å²) < 4.78 is 10.6. The first-order valence-corrected chi connectivity index (χ1v) is 6.13. The van der Waals surface area contributed by atoms with E-state index in [9.17, 15) is 5.11 Å². The van der Waals surface area contributed by atoms with Crippen molar-refractivity contribution in [2.75, 3.05) is 14.2 Å². The summed E-state index contributed by atoms with van der Waals surface area (Å²) in [6.07, 6.45) is 0. The molecule has 0 aliphatic heterocycles. The zero-order valence-corrected chi connectivity index (χ0v) is 11.2. The second-order valence-electron chi connectivity index (χ2n) is 4.33. The molecule has 3 rings (SSSR count). The minimum Gasteiger partial charge on any atom is -0.508 e. The standard InChI is InChI=1S/C15H14N2O3/c1-19-12-7-9(18)8-13(20-2)14(12)15-16-10-5-3-4-6-11(10)17-15/h3-8,18H,1-2H3,(H,16,17). The van der Waals surface area contributed by atoms with Crippen molar-refractivity contribution in [1.82, 2.24) is 9.97 Å². The van der Waals surface area contributed by atoms with E-state index in [1.54, 1.807) is 14.2 Å². The molecule has 20 heavy (non-hydrogen) atoms. The number of ether oxygens (including phenoxy) is 2. The Kier molecular flexibility index (Phi) is 2.95. The highest BCUT2D eigenvalue weighted by molar-refractivity contribution is 5.83. The molecule has 0 fully saturated rings. The van der Waals surface area contributed by atoms with E-state index in [0.717, 1.165) is 11.0 Å². The van der Waals surface area contributed by atoms with Crippen LogP contribution in [0, 0.1) is 0 Å². The number of nitrogens with one attached hydrogen (secondary N) is 1. The van der Waals surface area contributed by atoms with Crippen LogP contribution in [0.2, 0.25) is 0 Å². The van der Waals surface area contributed by atoms with Gasteiger partial charge in [-0.15, -0.1) is 0 Å².